The van der Waals surface area contributed by atoms with Crippen LogP contribution in [0, 0.1) is 0 Å². The lowest BCUT2D eigenvalue weighted by atomic mass is 10.1. The minimum Gasteiger partial charge on any atom is -0.309 e. The van der Waals surface area contributed by atoms with Crippen LogP contribution in [-0.2, 0) is 5.75 Å². The maximum atomic E-state index is 9.82. The Morgan fingerprint density at radius 2 is 1.21 bits per heavy atom. The fourth-order valence-corrected chi connectivity index (χ4v) is 6.99. The second-order valence-electron chi connectivity index (χ2n) is 10.1. The van der Waals surface area contributed by atoms with Crippen LogP contribution in [0.15, 0.2) is 138 Å². The highest BCUT2D eigenvalue weighted by Gasteiger charge is 2.22. The summed E-state index contributed by atoms with van der Waals surface area (Å²) in [4.78, 5) is 5.71. The van der Waals surface area contributed by atoms with Crippen LogP contribution in [-0.4, -0.2) is 18.7 Å². The molecule has 0 N–H and O–H groups in total. The number of rotatable bonds is 2. The third kappa shape index (κ3) is 3.20. The molecular weight excluding hydrogens is 545 g/mol. The van der Waals surface area contributed by atoms with E-state index in [1.807, 2.05) is 34.9 Å². The van der Waals surface area contributed by atoms with Gasteiger partial charge in [-0.3, -0.25) is 4.57 Å². The van der Waals surface area contributed by atoms with Crippen LogP contribution in [0.5, 0.6) is 0 Å². The van der Waals surface area contributed by atoms with Gasteiger partial charge in [0.05, 0.1) is 65.1 Å². The number of nitrogens with zero attached hydrogens (tertiary/aromatic N) is 4. The summed E-state index contributed by atoms with van der Waals surface area (Å²) in [6.45, 7) is 0. The molecule has 0 amide bonds. The first-order valence-corrected chi connectivity index (χ1v) is 14.4. The summed E-state index contributed by atoms with van der Waals surface area (Å²) in [7, 11) is 0. The van der Waals surface area contributed by atoms with Crippen LogP contribution in [0.25, 0.3) is 71.7 Å². The molecule has 0 atom stereocenters. The van der Waals surface area contributed by atoms with Gasteiger partial charge >= 0.3 is 0 Å². The summed E-state index contributed by atoms with van der Waals surface area (Å²) in [5, 5.41) is -0.871. The average Bonchev–Trinajstić information content (AvgIpc) is 3.90. The predicted octanol–water partition coefficient (Wildman–Crippen LogP) is 9.83. The van der Waals surface area contributed by atoms with Crippen LogP contribution >= 0.6 is 11.8 Å². The Morgan fingerprint density at radius 1 is 0.581 bits per heavy atom. The van der Waals surface area contributed by atoms with Gasteiger partial charge in [0.25, 0.3) is 0 Å². The van der Waals surface area contributed by atoms with Gasteiger partial charge in [0.2, 0.25) is 0 Å². The van der Waals surface area contributed by atoms with E-state index >= 15 is 0 Å². The Morgan fingerprint density at radius 3 is 1.95 bits per heavy atom. The Hall–Kier alpha value is -5.26. The number of fused-ring (bicyclic) bond motifs is 11. The molecule has 43 heavy (non-hydrogen) atoms. The molecule has 1 aliphatic rings. The van der Waals surface area contributed by atoms with Crippen molar-refractivity contribution in [2.45, 2.75) is 10.6 Å². The highest BCUT2D eigenvalue weighted by Crippen LogP contribution is 2.41. The van der Waals surface area contributed by atoms with Crippen LogP contribution in [0.3, 0.4) is 0 Å². The van der Waals surface area contributed by atoms with Gasteiger partial charge in [-0.25, -0.2) is 4.98 Å². The van der Waals surface area contributed by atoms with Crippen molar-refractivity contribution >= 4 is 66.4 Å². The van der Waals surface area contributed by atoms with Gasteiger partial charge in [-0.15, -0.1) is 11.8 Å². The van der Waals surface area contributed by atoms with E-state index in [2.05, 4.69) is 0 Å². The van der Waals surface area contributed by atoms with Gasteiger partial charge in [0.15, 0.2) is 0 Å². The molecule has 6 aromatic carbocycles. The molecule has 0 saturated heterocycles. The molecule has 202 valence electrons. The first kappa shape index (κ1) is 13.4. The lowest BCUT2D eigenvalue weighted by molar-refractivity contribution is 0.941. The Bertz CT molecular complexity index is 3350. The van der Waals surface area contributed by atoms with E-state index in [4.69, 9.17) is 21.4 Å². The number of imidazole rings is 1. The zero-order chi connectivity index (χ0) is 41.1. The van der Waals surface area contributed by atoms with E-state index in [1.54, 1.807) is 23.9 Å². The molecule has 9 aromatic rings. The van der Waals surface area contributed by atoms with E-state index in [0.717, 1.165) is 32.0 Å². The quantitative estimate of drug-likeness (QED) is 0.203. The van der Waals surface area contributed by atoms with Gasteiger partial charge in [0, 0.05) is 37.8 Å². The van der Waals surface area contributed by atoms with Crippen LogP contribution in [0.2, 0.25) is 0 Å². The van der Waals surface area contributed by atoms with Crippen molar-refractivity contribution in [1.29, 1.82) is 0 Å². The van der Waals surface area contributed by atoms with Gasteiger partial charge < -0.3 is 9.13 Å². The molecule has 0 saturated carbocycles. The minimum absolute atomic E-state index is 0.0790. The number of benzene rings is 6. The second kappa shape index (κ2) is 8.63. The lowest BCUT2D eigenvalue weighted by Gasteiger charge is -2.20. The number of para-hydroxylation sites is 5. The molecule has 3 aromatic heterocycles. The van der Waals surface area contributed by atoms with Crippen molar-refractivity contribution in [1.82, 2.24) is 18.7 Å². The number of hydrogen-bond acceptors (Lipinski definition) is 2. The Kier molecular flexibility index (Phi) is 2.68. The van der Waals surface area contributed by atoms with Crippen molar-refractivity contribution < 1.29 is 20.6 Å². The lowest BCUT2D eigenvalue weighted by Crippen LogP contribution is -2.07. The molecule has 0 unspecified atom stereocenters. The molecule has 0 fully saturated rings. The average molecular weight is 584 g/mol. The monoisotopic (exact) mass is 583 g/mol. The summed E-state index contributed by atoms with van der Waals surface area (Å²) in [6.07, 6.45) is 0. The largest absolute Gasteiger partial charge is 0.309 e. The van der Waals surface area contributed by atoms with Gasteiger partial charge in [0.1, 0.15) is 5.82 Å². The molecular formula is C38H24N4S. The molecule has 0 spiro atoms. The molecule has 4 heterocycles. The first-order valence-electron chi connectivity index (χ1n) is 20.9. The van der Waals surface area contributed by atoms with Crippen LogP contribution < -0.4 is 0 Å². The summed E-state index contributed by atoms with van der Waals surface area (Å²) in [5.41, 5.74) is 1.34. The maximum absolute atomic E-state index is 9.82. The SMILES string of the molecule is [2H]c1c([2H])c([2H])c2c(c1[2H])c1c([2H])c(-n3c4c([2H])c([2H])c([2H])c([2H])c4c4c([2H])c([2H])c([2H])c([2H])c43)c([2H])c([2H])c1n2-c1ccc2c(c1)-n1c(nc3ccccc31)CS2. The smallest absolute Gasteiger partial charge is 0.124 e. The maximum Gasteiger partial charge on any atom is 0.124 e. The third-order valence-electron chi connectivity index (χ3n) is 7.83. The molecule has 1 aliphatic heterocycles. The topological polar surface area (TPSA) is 27.7 Å². The normalized spacial score (nSPS) is 17.8. The zero-order valence-corrected chi connectivity index (χ0v) is 22.8. The standard InChI is InChI=1S/C38H24N4S/c1-5-13-31-26(9-1)27-10-2-6-14-32(27)40(31)24-17-19-34-29(21-24)28-11-3-7-15-33(28)41(34)25-18-20-37-36(22-25)42-35-16-8-4-12-30(35)39-38(42)23-43-37/h1-22H,23H2/i1D,2D,3D,5D,6D,7D,9D,10D,11D,13D,14D,15D,17D,19D,21D. The van der Waals surface area contributed by atoms with Crippen molar-refractivity contribution in [3.63, 3.8) is 0 Å². The first-order chi connectivity index (χ1) is 27.6. The molecule has 0 aliphatic carbocycles. The second-order valence-corrected chi connectivity index (χ2v) is 11.1. The molecule has 0 radical (unpaired) electrons. The minimum atomic E-state index is -0.702. The number of thioether (sulfide) groups is 1. The summed E-state index contributed by atoms with van der Waals surface area (Å²) in [6, 6.07) is 3.78. The number of aromatic nitrogens is 4. The molecule has 0 bridgehead atoms. The molecule has 4 nitrogen and oxygen atoms in total. The fraction of sp³-hybridized carbons (Fsp3) is 0.0263. The van der Waals surface area contributed by atoms with E-state index in [-0.39, 0.29) is 43.6 Å². The fourth-order valence-electron chi connectivity index (χ4n) is 6.04. The number of hydrogen-bond donors (Lipinski definition) is 0. The zero-order valence-electron chi connectivity index (χ0n) is 36.9. The van der Waals surface area contributed by atoms with Gasteiger partial charge in [-0.2, -0.15) is 0 Å². The van der Waals surface area contributed by atoms with E-state index in [0.29, 0.717) is 11.4 Å². The molecule has 5 heteroatoms. The Labute approximate surface area is 272 Å². The van der Waals surface area contributed by atoms with Crippen molar-refractivity contribution in [3.8, 4) is 17.1 Å². The Balaban J connectivity index is 1.41. The van der Waals surface area contributed by atoms with E-state index in [9.17, 15) is 4.11 Å². The van der Waals surface area contributed by atoms with Crippen molar-refractivity contribution in [3.05, 3.63) is 139 Å². The van der Waals surface area contributed by atoms with Gasteiger partial charge in [-0.05, 0) is 66.6 Å². The summed E-state index contributed by atoms with van der Waals surface area (Å²) in [5.74, 6) is 1.38. The highest BCUT2D eigenvalue weighted by atomic mass is 32.2. The summed E-state index contributed by atoms with van der Waals surface area (Å²) < 4.78 is 138. The highest BCUT2D eigenvalue weighted by molar-refractivity contribution is 7.98. The van der Waals surface area contributed by atoms with Crippen LogP contribution in [0.1, 0.15) is 26.4 Å². The third-order valence-corrected chi connectivity index (χ3v) is 8.89. The van der Waals surface area contributed by atoms with Crippen molar-refractivity contribution in [2.75, 3.05) is 0 Å². The molecule has 10 rings (SSSR count). The van der Waals surface area contributed by atoms with E-state index < -0.39 is 96.3 Å². The van der Waals surface area contributed by atoms with Gasteiger partial charge in [-0.1, -0.05) is 66.5 Å². The van der Waals surface area contributed by atoms with Crippen LogP contribution in [0.4, 0.5) is 0 Å². The predicted molar refractivity (Wildman–Crippen MR) is 179 cm³/mol. The summed E-state index contributed by atoms with van der Waals surface area (Å²) >= 11 is 1.57. The van der Waals surface area contributed by atoms with E-state index in [1.165, 1.54) is 4.57 Å². The van der Waals surface area contributed by atoms with Crippen molar-refractivity contribution in [2.24, 2.45) is 0 Å².